The third kappa shape index (κ3) is 4.44. The van der Waals surface area contributed by atoms with E-state index < -0.39 is 30.4 Å². The average Bonchev–Trinajstić information content (AvgIpc) is 3.27. The molecule has 0 spiro atoms. The molecular formula is C19H17N3O5S. The fourth-order valence-electron chi connectivity index (χ4n) is 2.48. The van der Waals surface area contributed by atoms with Gasteiger partial charge in [-0.2, -0.15) is 0 Å². The number of nitrogens with one attached hydrogen (secondary N) is 2. The lowest BCUT2D eigenvalue weighted by Gasteiger charge is -2.12. The van der Waals surface area contributed by atoms with Crippen molar-refractivity contribution in [1.82, 2.24) is 10.2 Å². The first-order valence-corrected chi connectivity index (χ1v) is 9.31. The maximum Gasteiger partial charge on any atom is 0.338 e. The second kappa shape index (κ2) is 8.49. The monoisotopic (exact) mass is 399 g/mol. The largest absolute Gasteiger partial charge is 0.462 e. The van der Waals surface area contributed by atoms with Crippen LogP contribution in [0.1, 0.15) is 22.2 Å². The number of ether oxygens (including phenoxy) is 1. The molecule has 1 aromatic carbocycles. The molecule has 2 heterocycles. The molecule has 1 saturated heterocycles. The van der Waals surface area contributed by atoms with Crippen LogP contribution in [0.2, 0.25) is 0 Å². The van der Waals surface area contributed by atoms with Gasteiger partial charge in [-0.15, -0.1) is 11.3 Å². The van der Waals surface area contributed by atoms with Gasteiger partial charge < -0.3 is 15.4 Å². The van der Waals surface area contributed by atoms with Crippen molar-refractivity contribution < 1.29 is 23.9 Å². The molecule has 0 bridgehead atoms. The number of thiophene rings is 1. The van der Waals surface area contributed by atoms with Crippen molar-refractivity contribution in [3.8, 4) is 0 Å². The van der Waals surface area contributed by atoms with E-state index in [0.717, 1.165) is 9.78 Å². The fourth-order valence-corrected chi connectivity index (χ4v) is 3.14. The number of imide groups is 1. The molecule has 0 atom stereocenters. The molecule has 144 valence electrons. The number of nitrogens with zero attached hydrogens (tertiary/aromatic N) is 1. The minimum absolute atomic E-state index is 0.124. The molecule has 1 aliphatic rings. The first-order valence-electron chi connectivity index (χ1n) is 8.43. The van der Waals surface area contributed by atoms with Crippen LogP contribution >= 0.6 is 11.3 Å². The van der Waals surface area contributed by atoms with E-state index >= 15 is 0 Å². The normalized spacial score (nSPS) is 14.9. The van der Waals surface area contributed by atoms with Gasteiger partial charge in [-0.1, -0.05) is 6.07 Å². The van der Waals surface area contributed by atoms with Gasteiger partial charge in [-0.25, -0.2) is 14.5 Å². The Hall–Kier alpha value is -3.46. The van der Waals surface area contributed by atoms with Crippen LogP contribution in [0, 0.1) is 0 Å². The van der Waals surface area contributed by atoms with Gasteiger partial charge in [0.25, 0.3) is 5.91 Å². The molecule has 9 heteroatoms. The van der Waals surface area contributed by atoms with E-state index in [2.05, 4.69) is 10.6 Å². The third-order valence-electron chi connectivity index (χ3n) is 3.77. The van der Waals surface area contributed by atoms with Crippen molar-refractivity contribution in [3.05, 3.63) is 57.9 Å². The van der Waals surface area contributed by atoms with Gasteiger partial charge in [-0.05, 0) is 48.7 Å². The predicted molar refractivity (Wildman–Crippen MR) is 104 cm³/mol. The number of hydrogen-bond donors (Lipinski definition) is 2. The number of carbonyl (C=O) groups excluding carboxylic acids is 4. The SMILES string of the molecule is CCOC(=O)c1ccc(NC(=O)CN2C(=O)NC(=Cc3cccs3)C2=O)cc1. The van der Waals surface area contributed by atoms with Crippen molar-refractivity contribution in [2.75, 3.05) is 18.5 Å². The molecule has 0 unspecified atom stereocenters. The smallest absolute Gasteiger partial charge is 0.338 e. The summed E-state index contributed by atoms with van der Waals surface area (Å²) in [6.07, 6.45) is 1.57. The Kier molecular flexibility index (Phi) is 5.85. The number of esters is 1. The minimum Gasteiger partial charge on any atom is -0.462 e. The Morgan fingerprint density at radius 1 is 1.21 bits per heavy atom. The van der Waals surface area contributed by atoms with E-state index in [1.54, 1.807) is 13.0 Å². The first-order chi connectivity index (χ1) is 13.5. The second-order valence-corrected chi connectivity index (χ2v) is 6.72. The Bertz CT molecular complexity index is 935. The summed E-state index contributed by atoms with van der Waals surface area (Å²) in [6.45, 7) is 1.56. The molecule has 1 aromatic heterocycles. The first kappa shape index (κ1) is 19.3. The quantitative estimate of drug-likeness (QED) is 0.441. The van der Waals surface area contributed by atoms with Gasteiger partial charge in [0, 0.05) is 10.6 Å². The zero-order valence-corrected chi connectivity index (χ0v) is 15.7. The second-order valence-electron chi connectivity index (χ2n) is 5.74. The molecule has 0 saturated carbocycles. The summed E-state index contributed by atoms with van der Waals surface area (Å²) in [5.41, 5.74) is 0.913. The Morgan fingerprint density at radius 3 is 2.61 bits per heavy atom. The number of benzene rings is 1. The van der Waals surface area contributed by atoms with E-state index in [1.807, 2.05) is 17.5 Å². The maximum atomic E-state index is 12.4. The number of hydrogen-bond acceptors (Lipinski definition) is 6. The molecule has 3 rings (SSSR count). The van der Waals surface area contributed by atoms with Crippen molar-refractivity contribution >= 4 is 46.9 Å². The van der Waals surface area contributed by atoms with Gasteiger partial charge >= 0.3 is 12.0 Å². The van der Waals surface area contributed by atoms with Crippen LogP contribution in [0.15, 0.2) is 47.5 Å². The minimum atomic E-state index is -0.652. The van der Waals surface area contributed by atoms with Crippen LogP contribution in [0.4, 0.5) is 10.5 Å². The summed E-state index contributed by atoms with van der Waals surface area (Å²) in [4.78, 5) is 49.9. The van der Waals surface area contributed by atoms with Crippen LogP contribution in [-0.4, -0.2) is 41.9 Å². The Labute approximate surface area is 164 Å². The van der Waals surface area contributed by atoms with Crippen molar-refractivity contribution in [2.24, 2.45) is 0 Å². The van der Waals surface area contributed by atoms with Gasteiger partial charge in [0.1, 0.15) is 12.2 Å². The van der Waals surface area contributed by atoms with Crippen LogP contribution in [0.5, 0.6) is 0 Å². The molecule has 1 fully saturated rings. The van der Waals surface area contributed by atoms with E-state index in [4.69, 9.17) is 4.74 Å². The number of urea groups is 1. The lowest BCUT2D eigenvalue weighted by molar-refractivity contribution is -0.127. The average molecular weight is 399 g/mol. The highest BCUT2D eigenvalue weighted by Crippen LogP contribution is 2.17. The Balaban J connectivity index is 1.61. The van der Waals surface area contributed by atoms with E-state index in [1.165, 1.54) is 35.6 Å². The number of anilines is 1. The molecule has 1 aliphatic heterocycles. The van der Waals surface area contributed by atoms with E-state index in [0.29, 0.717) is 11.3 Å². The summed E-state index contributed by atoms with van der Waals surface area (Å²) in [6, 6.07) is 9.10. The van der Waals surface area contributed by atoms with Crippen molar-refractivity contribution in [1.29, 1.82) is 0 Å². The molecule has 0 radical (unpaired) electrons. The summed E-state index contributed by atoms with van der Waals surface area (Å²) in [5, 5.41) is 6.91. The highest BCUT2D eigenvalue weighted by molar-refractivity contribution is 7.10. The summed E-state index contributed by atoms with van der Waals surface area (Å²) in [5.74, 6) is -1.55. The number of amides is 4. The highest BCUT2D eigenvalue weighted by atomic mass is 32.1. The summed E-state index contributed by atoms with van der Waals surface area (Å²) >= 11 is 1.43. The van der Waals surface area contributed by atoms with Crippen LogP contribution in [0.25, 0.3) is 6.08 Å². The molecule has 4 amide bonds. The predicted octanol–water partition coefficient (Wildman–Crippen LogP) is 2.46. The van der Waals surface area contributed by atoms with E-state index in [9.17, 15) is 19.2 Å². The molecule has 2 aromatic rings. The summed E-state index contributed by atoms with van der Waals surface area (Å²) < 4.78 is 4.89. The van der Waals surface area contributed by atoms with Crippen LogP contribution < -0.4 is 10.6 Å². The van der Waals surface area contributed by atoms with Gasteiger partial charge in [0.2, 0.25) is 5.91 Å². The summed E-state index contributed by atoms with van der Waals surface area (Å²) in [7, 11) is 0. The molecule has 8 nitrogen and oxygen atoms in total. The zero-order chi connectivity index (χ0) is 20.1. The molecular weight excluding hydrogens is 382 g/mol. The lowest BCUT2D eigenvalue weighted by Crippen LogP contribution is -2.38. The molecule has 0 aliphatic carbocycles. The number of carbonyl (C=O) groups is 4. The standard InChI is InChI=1S/C19H17N3O5S/c1-2-27-18(25)12-5-7-13(8-6-12)20-16(23)11-22-17(24)15(21-19(22)26)10-14-4-3-9-28-14/h3-10H,2,11H2,1H3,(H,20,23)(H,21,26). The topological polar surface area (TPSA) is 105 Å². The third-order valence-corrected chi connectivity index (χ3v) is 4.59. The molecule has 28 heavy (non-hydrogen) atoms. The van der Waals surface area contributed by atoms with Crippen LogP contribution in [-0.2, 0) is 14.3 Å². The van der Waals surface area contributed by atoms with Gasteiger partial charge in [-0.3, -0.25) is 9.59 Å². The zero-order valence-electron chi connectivity index (χ0n) is 14.9. The van der Waals surface area contributed by atoms with Crippen LogP contribution in [0.3, 0.4) is 0 Å². The Morgan fingerprint density at radius 2 is 1.96 bits per heavy atom. The number of rotatable bonds is 6. The fraction of sp³-hybridized carbons (Fsp3) is 0.158. The van der Waals surface area contributed by atoms with Crippen molar-refractivity contribution in [3.63, 3.8) is 0 Å². The van der Waals surface area contributed by atoms with E-state index in [-0.39, 0.29) is 12.3 Å². The van der Waals surface area contributed by atoms with Gasteiger partial charge in [0.15, 0.2) is 0 Å². The maximum absolute atomic E-state index is 12.4. The highest BCUT2D eigenvalue weighted by Gasteiger charge is 2.34. The van der Waals surface area contributed by atoms with Gasteiger partial charge in [0.05, 0.1) is 12.2 Å². The lowest BCUT2D eigenvalue weighted by atomic mass is 10.2. The molecule has 2 N–H and O–H groups in total. The van der Waals surface area contributed by atoms with Crippen molar-refractivity contribution in [2.45, 2.75) is 6.92 Å².